The average Bonchev–Trinajstić information content (AvgIpc) is 2.67. The van der Waals surface area contributed by atoms with Gasteiger partial charge in [-0.05, 0) is 0 Å². The number of aliphatic carboxylic acids is 2. The van der Waals surface area contributed by atoms with Crippen molar-refractivity contribution in [1.29, 1.82) is 0 Å². The first-order valence-corrected chi connectivity index (χ1v) is 12.3. The molecule has 0 rings (SSSR count). The molecule has 12 N–H and O–H groups in total. The van der Waals surface area contributed by atoms with Crippen molar-refractivity contribution in [3.05, 3.63) is 0 Å². The van der Waals surface area contributed by atoms with Crippen LogP contribution in [0, 0.1) is 0 Å². The van der Waals surface area contributed by atoms with Gasteiger partial charge >= 0.3 is 101 Å². The number of nitrogens with two attached hydrogens (primary N) is 2. The van der Waals surface area contributed by atoms with Gasteiger partial charge in [0, 0.05) is 11.5 Å². The van der Waals surface area contributed by atoms with Gasteiger partial charge in [0.25, 0.3) is 0 Å². The van der Waals surface area contributed by atoms with Crippen molar-refractivity contribution in [1.82, 2.24) is 0 Å². The van der Waals surface area contributed by atoms with Gasteiger partial charge in [0.2, 0.25) is 0 Å². The van der Waals surface area contributed by atoms with E-state index >= 15 is 0 Å². The van der Waals surface area contributed by atoms with Crippen LogP contribution in [0.2, 0.25) is 0 Å². The molecule has 29 heavy (non-hydrogen) atoms. The quantitative estimate of drug-likeness (QED) is 0.0568. The topological polar surface area (TPSA) is 274 Å². The SMILES string of the molecule is NC(CSSCC(N)C(=O)O)C(=O)O.O=[Se](O)OC[C@@H](O)[C@@H](O)[C@H](O)[C@H](O)CO. The Hall–Kier alpha value is -0.401. The summed E-state index contributed by atoms with van der Waals surface area (Å²) in [5.41, 5.74) is 10.4. The molecule has 174 valence electrons. The average molecular weight is 533 g/mol. The van der Waals surface area contributed by atoms with Crippen LogP contribution in [0.25, 0.3) is 0 Å². The number of aliphatic hydroxyl groups is 5. The van der Waals surface area contributed by atoms with E-state index in [-0.39, 0.29) is 11.5 Å². The third-order valence-electron chi connectivity index (χ3n) is 2.88. The van der Waals surface area contributed by atoms with Gasteiger partial charge in [0.15, 0.2) is 0 Å². The number of carboxylic acids is 2. The van der Waals surface area contributed by atoms with E-state index in [1.807, 2.05) is 0 Å². The fraction of sp³-hybridized carbons (Fsp3) is 0.833. The van der Waals surface area contributed by atoms with Crippen LogP contribution >= 0.6 is 21.6 Å². The Labute approximate surface area is 178 Å². The van der Waals surface area contributed by atoms with Crippen molar-refractivity contribution in [2.75, 3.05) is 24.7 Å². The fourth-order valence-corrected chi connectivity index (χ4v) is 3.94. The minimum absolute atomic E-state index is 0.229. The van der Waals surface area contributed by atoms with Crippen LogP contribution in [0.15, 0.2) is 0 Å². The standard InChI is InChI=1S/C6H12N2O4S2.C6H14O8Se/c7-3(5(9)10)1-13-14-2-4(8)6(11)12;7-1-3(8)5(10)6(11)4(9)2-14-15(12)13/h3-4H,1-2,7-8H2,(H,9,10)(H,11,12);3-11H,1-2H2,(H,12,13)/t;3-,4-,5-,6-/m.1/s1. The van der Waals surface area contributed by atoms with Crippen molar-refractivity contribution >= 4 is 48.0 Å². The van der Waals surface area contributed by atoms with Gasteiger partial charge in [-0.25, -0.2) is 0 Å². The zero-order valence-corrected chi connectivity index (χ0v) is 18.2. The molecule has 0 saturated heterocycles. The number of carbonyl (C=O) groups is 2. The fourth-order valence-electron chi connectivity index (χ4n) is 1.18. The van der Waals surface area contributed by atoms with E-state index in [2.05, 4.69) is 3.82 Å². The molecule has 0 aromatic heterocycles. The molecule has 0 aliphatic carbocycles. The number of rotatable bonds is 14. The summed E-state index contributed by atoms with van der Waals surface area (Å²) < 4.78 is 22.6. The molecule has 0 spiro atoms. The molecule has 0 bridgehead atoms. The van der Waals surface area contributed by atoms with Crippen molar-refractivity contribution in [3.8, 4) is 0 Å². The summed E-state index contributed by atoms with van der Waals surface area (Å²) in [4.78, 5) is 20.5. The third-order valence-corrected chi connectivity index (χ3v) is 6.06. The molecular weight excluding hydrogens is 507 g/mol. The Morgan fingerprint density at radius 3 is 1.59 bits per heavy atom. The van der Waals surface area contributed by atoms with Gasteiger partial charge < -0.3 is 21.7 Å². The van der Waals surface area contributed by atoms with Crippen LogP contribution in [0.4, 0.5) is 0 Å². The molecule has 3 unspecified atom stereocenters. The van der Waals surface area contributed by atoms with Gasteiger partial charge in [0.05, 0.1) is 0 Å². The molecule has 0 saturated carbocycles. The van der Waals surface area contributed by atoms with Gasteiger partial charge in [-0.15, -0.1) is 0 Å². The predicted molar refractivity (Wildman–Crippen MR) is 102 cm³/mol. The van der Waals surface area contributed by atoms with E-state index in [9.17, 15) is 18.5 Å². The molecule has 0 radical (unpaired) electrons. The van der Waals surface area contributed by atoms with Crippen molar-refractivity contribution in [2.45, 2.75) is 36.5 Å². The number of aliphatic hydroxyl groups excluding tert-OH is 5. The Bertz CT molecular complexity index is 484. The first-order chi connectivity index (χ1) is 13.3. The first-order valence-electron chi connectivity index (χ1n) is 7.63. The van der Waals surface area contributed by atoms with E-state index in [4.69, 9.17) is 46.3 Å². The Kier molecular flexibility index (Phi) is 18.4. The summed E-state index contributed by atoms with van der Waals surface area (Å²) in [6.07, 6.45) is -6.79. The van der Waals surface area contributed by atoms with Gasteiger partial charge in [-0.1, -0.05) is 21.6 Å². The number of hydrogen-bond donors (Lipinski definition) is 10. The van der Waals surface area contributed by atoms with E-state index in [0.717, 1.165) is 0 Å². The molecule has 0 aromatic rings. The Morgan fingerprint density at radius 1 is 0.897 bits per heavy atom. The molecule has 0 fully saturated rings. The Balaban J connectivity index is 0. The maximum absolute atomic E-state index is 10.3. The van der Waals surface area contributed by atoms with Crippen LogP contribution in [0.5, 0.6) is 0 Å². The third kappa shape index (κ3) is 16.0. The summed E-state index contributed by atoms with van der Waals surface area (Å²) in [5, 5.41) is 61.6. The van der Waals surface area contributed by atoms with E-state index in [0.29, 0.717) is 0 Å². The van der Waals surface area contributed by atoms with Crippen molar-refractivity contribution in [3.63, 3.8) is 0 Å². The van der Waals surface area contributed by atoms with Crippen LogP contribution in [-0.2, 0) is 17.2 Å². The second-order valence-corrected chi connectivity index (χ2v) is 9.22. The molecule has 0 amide bonds. The number of carboxylic acid groups (broad SMARTS) is 2. The molecule has 0 aliphatic heterocycles. The van der Waals surface area contributed by atoms with Gasteiger partial charge in [-0.3, -0.25) is 9.59 Å². The second-order valence-electron chi connectivity index (χ2n) is 5.26. The maximum atomic E-state index is 10.3. The molecule has 14 nitrogen and oxygen atoms in total. The summed E-state index contributed by atoms with van der Waals surface area (Å²) in [6.45, 7) is -1.44. The van der Waals surface area contributed by atoms with Gasteiger partial charge in [-0.2, -0.15) is 0 Å². The first kappa shape index (κ1) is 30.8. The van der Waals surface area contributed by atoms with E-state index < -0.39 is 76.1 Å². The molecule has 0 aliphatic rings. The summed E-state index contributed by atoms with van der Waals surface area (Å²) in [6, 6.07) is -1.85. The molecule has 7 atom stereocenters. The Morgan fingerprint density at radius 2 is 1.28 bits per heavy atom. The van der Waals surface area contributed by atoms with Gasteiger partial charge in [0.1, 0.15) is 12.1 Å². The van der Waals surface area contributed by atoms with Crippen LogP contribution in [0.1, 0.15) is 0 Å². The van der Waals surface area contributed by atoms with Crippen molar-refractivity contribution < 1.29 is 57.2 Å². The zero-order valence-electron chi connectivity index (χ0n) is 14.9. The second kappa shape index (κ2) is 17.3. The monoisotopic (exact) mass is 534 g/mol. The van der Waals surface area contributed by atoms with Crippen molar-refractivity contribution in [2.24, 2.45) is 11.5 Å². The normalized spacial score (nSPS) is 18.3. The predicted octanol–water partition coefficient (Wildman–Crippen LogP) is -4.96. The molecule has 0 aromatic carbocycles. The summed E-state index contributed by atoms with van der Waals surface area (Å²) in [7, 11) is 2.41. The van der Waals surface area contributed by atoms with Crippen LogP contribution < -0.4 is 11.5 Å². The van der Waals surface area contributed by atoms with Crippen LogP contribution in [0.3, 0.4) is 0 Å². The summed E-state index contributed by atoms with van der Waals surface area (Å²) >= 11 is -3.43. The van der Waals surface area contributed by atoms with Crippen LogP contribution in [-0.4, -0.2) is 128 Å². The molecule has 17 heteroatoms. The minimum atomic E-state index is -3.43. The zero-order chi connectivity index (χ0) is 23.1. The van der Waals surface area contributed by atoms with E-state index in [1.54, 1.807) is 0 Å². The number of hydrogen-bond acceptors (Lipinski definition) is 13. The molecular formula is C12H26N2O12S2Se. The molecule has 0 heterocycles. The van der Waals surface area contributed by atoms with E-state index in [1.165, 1.54) is 21.6 Å². The summed E-state index contributed by atoms with van der Waals surface area (Å²) in [5.74, 6) is -1.68.